The van der Waals surface area contributed by atoms with Gasteiger partial charge in [0.2, 0.25) is 0 Å². The van der Waals surface area contributed by atoms with Crippen molar-refractivity contribution in [2.45, 2.75) is 13.1 Å². The summed E-state index contributed by atoms with van der Waals surface area (Å²) in [5, 5.41) is 3.37. The second-order valence-corrected chi connectivity index (χ2v) is 4.72. The van der Waals surface area contributed by atoms with Crippen molar-refractivity contribution in [3.63, 3.8) is 0 Å². The first kappa shape index (κ1) is 12.9. The zero-order valence-electron chi connectivity index (χ0n) is 10.5. The molecule has 0 saturated carbocycles. The summed E-state index contributed by atoms with van der Waals surface area (Å²) < 4.78 is 10.5. The Morgan fingerprint density at radius 1 is 1.22 bits per heavy atom. The smallest absolute Gasteiger partial charge is 0.127 e. The quantitative estimate of drug-likeness (QED) is 0.870. The summed E-state index contributed by atoms with van der Waals surface area (Å²) >= 11 is 1.65. The van der Waals surface area contributed by atoms with E-state index in [4.69, 9.17) is 9.47 Å². The van der Waals surface area contributed by atoms with Crippen molar-refractivity contribution in [3.8, 4) is 11.5 Å². The summed E-state index contributed by atoms with van der Waals surface area (Å²) in [6.07, 6.45) is 1.88. The Hall–Kier alpha value is -1.59. The van der Waals surface area contributed by atoms with Crippen molar-refractivity contribution < 1.29 is 9.47 Å². The second-order valence-electron chi connectivity index (χ2n) is 3.75. The average Bonchev–Trinajstić information content (AvgIpc) is 2.92. The Labute approximate surface area is 111 Å². The molecule has 2 rings (SSSR count). The van der Waals surface area contributed by atoms with Crippen LogP contribution in [0.5, 0.6) is 11.5 Å². The Kier molecular flexibility index (Phi) is 4.55. The van der Waals surface area contributed by atoms with E-state index in [2.05, 4.69) is 10.3 Å². The molecule has 0 aliphatic heterocycles. The summed E-state index contributed by atoms with van der Waals surface area (Å²) in [5.41, 5.74) is 2.95. The molecule has 1 aromatic carbocycles. The summed E-state index contributed by atoms with van der Waals surface area (Å²) in [6.45, 7) is 1.57. The van der Waals surface area contributed by atoms with E-state index < -0.39 is 0 Å². The lowest BCUT2D eigenvalue weighted by Crippen LogP contribution is -2.12. The predicted molar refractivity (Wildman–Crippen MR) is 72.2 cm³/mol. The largest absolute Gasteiger partial charge is 0.497 e. The molecule has 2 aromatic rings. The monoisotopic (exact) mass is 264 g/mol. The molecule has 0 amide bonds. The zero-order chi connectivity index (χ0) is 12.8. The Bertz CT molecular complexity index is 486. The molecule has 1 heterocycles. The normalized spacial score (nSPS) is 10.3. The minimum Gasteiger partial charge on any atom is -0.497 e. The third-order valence-electron chi connectivity index (χ3n) is 2.59. The Morgan fingerprint density at radius 3 is 2.78 bits per heavy atom. The third-order valence-corrected chi connectivity index (χ3v) is 3.37. The van der Waals surface area contributed by atoms with Crippen molar-refractivity contribution in [2.75, 3.05) is 14.2 Å². The summed E-state index contributed by atoms with van der Waals surface area (Å²) in [5.74, 6) is 1.64. The predicted octanol–water partition coefficient (Wildman–Crippen LogP) is 2.45. The average molecular weight is 264 g/mol. The van der Waals surface area contributed by atoms with E-state index in [-0.39, 0.29) is 0 Å². The van der Waals surface area contributed by atoms with E-state index in [0.29, 0.717) is 0 Å². The van der Waals surface area contributed by atoms with Crippen LogP contribution in [0.15, 0.2) is 29.9 Å². The minimum absolute atomic E-state index is 0.755. The van der Waals surface area contributed by atoms with Gasteiger partial charge in [-0.05, 0) is 6.07 Å². The molecule has 18 heavy (non-hydrogen) atoms. The van der Waals surface area contributed by atoms with Gasteiger partial charge in [0, 0.05) is 35.8 Å². The highest BCUT2D eigenvalue weighted by Crippen LogP contribution is 2.24. The van der Waals surface area contributed by atoms with Crippen LogP contribution < -0.4 is 14.8 Å². The van der Waals surface area contributed by atoms with E-state index in [1.54, 1.807) is 25.6 Å². The first-order chi connectivity index (χ1) is 8.83. The van der Waals surface area contributed by atoms with Crippen molar-refractivity contribution >= 4 is 11.3 Å². The molecule has 1 aromatic heterocycles. The van der Waals surface area contributed by atoms with E-state index in [9.17, 15) is 0 Å². The van der Waals surface area contributed by atoms with Crippen molar-refractivity contribution in [1.82, 2.24) is 10.3 Å². The molecule has 4 nitrogen and oxygen atoms in total. The molecular weight excluding hydrogens is 248 g/mol. The molecule has 0 atom stereocenters. The number of methoxy groups -OCH3 is 2. The standard InChI is InChI=1S/C13H16N2O2S/c1-16-11-4-3-10(13(5-11)17-2)6-14-7-12-8-15-9-18-12/h3-5,8-9,14H,6-7H2,1-2H3. The van der Waals surface area contributed by atoms with E-state index in [1.165, 1.54) is 4.88 Å². The fourth-order valence-electron chi connectivity index (χ4n) is 1.65. The van der Waals surface area contributed by atoms with Gasteiger partial charge < -0.3 is 14.8 Å². The summed E-state index contributed by atoms with van der Waals surface area (Å²) in [4.78, 5) is 5.27. The van der Waals surface area contributed by atoms with E-state index in [0.717, 1.165) is 30.2 Å². The van der Waals surface area contributed by atoms with Crippen LogP contribution in [0.25, 0.3) is 0 Å². The molecule has 0 bridgehead atoms. The first-order valence-corrected chi connectivity index (χ1v) is 6.50. The highest BCUT2D eigenvalue weighted by molar-refractivity contribution is 7.09. The lowest BCUT2D eigenvalue weighted by molar-refractivity contribution is 0.390. The molecule has 0 aliphatic carbocycles. The first-order valence-electron chi connectivity index (χ1n) is 5.62. The van der Waals surface area contributed by atoms with Gasteiger partial charge >= 0.3 is 0 Å². The molecule has 5 heteroatoms. The number of aromatic nitrogens is 1. The molecular formula is C13H16N2O2S. The van der Waals surface area contributed by atoms with E-state index >= 15 is 0 Å². The number of ether oxygens (including phenoxy) is 2. The molecule has 1 N–H and O–H groups in total. The van der Waals surface area contributed by atoms with E-state index in [1.807, 2.05) is 29.9 Å². The summed E-state index contributed by atoms with van der Waals surface area (Å²) in [7, 11) is 3.32. The van der Waals surface area contributed by atoms with Gasteiger partial charge in [-0.15, -0.1) is 11.3 Å². The highest BCUT2D eigenvalue weighted by Gasteiger charge is 2.04. The number of nitrogens with zero attached hydrogens (tertiary/aromatic N) is 1. The van der Waals surface area contributed by atoms with Gasteiger partial charge in [0.25, 0.3) is 0 Å². The molecule has 0 radical (unpaired) electrons. The molecule has 0 saturated heterocycles. The van der Waals surface area contributed by atoms with Gasteiger partial charge in [0.15, 0.2) is 0 Å². The maximum atomic E-state index is 5.35. The number of hydrogen-bond acceptors (Lipinski definition) is 5. The Balaban J connectivity index is 1.96. The topological polar surface area (TPSA) is 43.4 Å². The molecule has 0 fully saturated rings. The number of thiazole rings is 1. The van der Waals surface area contributed by atoms with Crippen LogP contribution in [-0.4, -0.2) is 19.2 Å². The number of rotatable bonds is 6. The van der Waals surface area contributed by atoms with Gasteiger partial charge in [0.1, 0.15) is 11.5 Å². The van der Waals surface area contributed by atoms with Crippen molar-refractivity contribution in [1.29, 1.82) is 0 Å². The maximum absolute atomic E-state index is 5.35. The number of benzene rings is 1. The summed E-state index contributed by atoms with van der Waals surface area (Å²) in [6, 6.07) is 5.84. The highest BCUT2D eigenvalue weighted by atomic mass is 32.1. The van der Waals surface area contributed by atoms with Gasteiger partial charge in [-0.3, -0.25) is 4.98 Å². The SMILES string of the molecule is COc1ccc(CNCc2cncs2)c(OC)c1. The maximum Gasteiger partial charge on any atom is 0.127 e. The third kappa shape index (κ3) is 3.21. The van der Waals surface area contributed by atoms with Gasteiger partial charge in [-0.2, -0.15) is 0 Å². The van der Waals surface area contributed by atoms with Crippen LogP contribution in [0.4, 0.5) is 0 Å². The van der Waals surface area contributed by atoms with Crippen LogP contribution in [-0.2, 0) is 13.1 Å². The molecule has 0 aliphatic rings. The van der Waals surface area contributed by atoms with Crippen LogP contribution in [0.1, 0.15) is 10.4 Å². The lowest BCUT2D eigenvalue weighted by Gasteiger charge is -2.10. The zero-order valence-corrected chi connectivity index (χ0v) is 11.3. The van der Waals surface area contributed by atoms with Crippen LogP contribution in [0.2, 0.25) is 0 Å². The Morgan fingerprint density at radius 2 is 2.11 bits per heavy atom. The second kappa shape index (κ2) is 6.37. The van der Waals surface area contributed by atoms with Crippen LogP contribution in [0, 0.1) is 0 Å². The number of hydrogen-bond donors (Lipinski definition) is 1. The fraction of sp³-hybridized carbons (Fsp3) is 0.308. The fourth-order valence-corrected chi connectivity index (χ4v) is 2.21. The van der Waals surface area contributed by atoms with Gasteiger partial charge in [0.05, 0.1) is 19.7 Å². The van der Waals surface area contributed by atoms with Crippen molar-refractivity contribution in [3.05, 3.63) is 40.3 Å². The van der Waals surface area contributed by atoms with Gasteiger partial charge in [-0.25, -0.2) is 0 Å². The minimum atomic E-state index is 0.755. The van der Waals surface area contributed by atoms with Crippen LogP contribution >= 0.6 is 11.3 Å². The van der Waals surface area contributed by atoms with Gasteiger partial charge in [-0.1, -0.05) is 6.07 Å². The van der Waals surface area contributed by atoms with Crippen molar-refractivity contribution in [2.24, 2.45) is 0 Å². The molecule has 96 valence electrons. The van der Waals surface area contributed by atoms with Crippen LogP contribution in [0.3, 0.4) is 0 Å². The molecule has 0 unspecified atom stereocenters. The molecule has 0 spiro atoms. The number of nitrogens with one attached hydrogen (secondary N) is 1. The lowest BCUT2D eigenvalue weighted by atomic mass is 10.2.